The maximum absolute atomic E-state index is 2.65. The normalized spacial score (nSPS) is 22.2. The monoisotopic (exact) mass is 508 g/mol. The molecule has 10 rings (SSSR count). The SMILES string of the molecule is CC(C)(C)C1=CC2=CC3c4c5c(cc6c4c4c(c7ccccc76)C=CC6=Cc7ccccc7C3[C+]64)C=CC(=C1)[C+]25. The predicted octanol–water partition coefficient (Wildman–Crippen LogP) is 10.0. The highest BCUT2D eigenvalue weighted by Crippen LogP contribution is 2.65. The first kappa shape index (κ1) is 21.4. The molecule has 0 N–H and O–H groups in total. The molecule has 0 heteroatoms. The van der Waals surface area contributed by atoms with Crippen LogP contribution in [0.5, 0.6) is 0 Å². The Morgan fingerprint density at radius 3 is 2.35 bits per heavy atom. The Morgan fingerprint density at radius 1 is 0.675 bits per heavy atom. The third-order valence-electron chi connectivity index (χ3n) is 10.2. The number of fused-ring (bicyclic) bond motifs is 6. The van der Waals surface area contributed by atoms with Crippen LogP contribution >= 0.6 is 0 Å². The summed E-state index contributed by atoms with van der Waals surface area (Å²) in [7, 11) is 0. The van der Waals surface area contributed by atoms with Crippen LogP contribution in [0.2, 0.25) is 0 Å². The number of rotatable bonds is 0. The quantitative estimate of drug-likeness (QED) is 0.164. The highest BCUT2D eigenvalue weighted by atomic mass is 14.5. The Bertz CT molecular complexity index is 2090. The molecule has 0 heterocycles. The van der Waals surface area contributed by atoms with Gasteiger partial charge in [0.2, 0.25) is 0 Å². The van der Waals surface area contributed by atoms with Crippen LogP contribution in [0, 0.1) is 17.3 Å². The van der Waals surface area contributed by atoms with Gasteiger partial charge in [-0.25, -0.2) is 0 Å². The third-order valence-corrected chi connectivity index (χ3v) is 10.2. The van der Waals surface area contributed by atoms with Crippen molar-refractivity contribution in [3.8, 4) is 0 Å². The zero-order valence-corrected chi connectivity index (χ0v) is 23.0. The summed E-state index contributed by atoms with van der Waals surface area (Å²) < 4.78 is 0. The molecular weight excluding hydrogens is 480 g/mol. The average Bonchev–Trinajstić information content (AvgIpc) is 2.97. The fourth-order valence-corrected chi connectivity index (χ4v) is 8.51. The molecule has 186 valence electrons. The summed E-state index contributed by atoms with van der Waals surface area (Å²) in [5.74, 6) is 3.58. The molecule has 6 aliphatic rings. The topological polar surface area (TPSA) is 0 Å². The highest BCUT2D eigenvalue weighted by molar-refractivity contribution is 6.18. The van der Waals surface area contributed by atoms with Gasteiger partial charge in [-0.2, -0.15) is 0 Å². The predicted molar refractivity (Wildman–Crippen MR) is 168 cm³/mol. The van der Waals surface area contributed by atoms with Crippen LogP contribution in [0.1, 0.15) is 71.6 Å². The summed E-state index contributed by atoms with van der Waals surface area (Å²) in [4.78, 5) is 0. The molecule has 2 atom stereocenters. The lowest BCUT2D eigenvalue weighted by atomic mass is 9.53. The molecule has 40 heavy (non-hydrogen) atoms. The Labute approximate surface area is 235 Å². The molecule has 0 radical (unpaired) electrons. The molecule has 4 aromatic carbocycles. The van der Waals surface area contributed by atoms with Gasteiger partial charge in [-0.3, -0.25) is 0 Å². The van der Waals surface area contributed by atoms with E-state index in [0.29, 0.717) is 11.8 Å². The minimum absolute atomic E-state index is 0.0982. The van der Waals surface area contributed by atoms with Crippen LogP contribution < -0.4 is 0 Å². The van der Waals surface area contributed by atoms with Gasteiger partial charge in [-0.05, 0) is 59.6 Å². The van der Waals surface area contributed by atoms with E-state index in [4.69, 9.17) is 0 Å². The van der Waals surface area contributed by atoms with E-state index in [1.165, 1.54) is 89.1 Å². The van der Waals surface area contributed by atoms with E-state index >= 15 is 0 Å². The summed E-state index contributed by atoms with van der Waals surface area (Å²) >= 11 is 0. The van der Waals surface area contributed by atoms with Crippen molar-refractivity contribution in [1.29, 1.82) is 0 Å². The second-order valence-electron chi connectivity index (χ2n) is 13.3. The molecule has 0 bridgehead atoms. The van der Waals surface area contributed by atoms with Crippen molar-refractivity contribution < 1.29 is 0 Å². The lowest BCUT2D eigenvalue weighted by Gasteiger charge is -2.43. The van der Waals surface area contributed by atoms with Gasteiger partial charge in [-0.15, -0.1) is 0 Å². The number of hydrogen-bond acceptors (Lipinski definition) is 0. The summed E-state index contributed by atoms with van der Waals surface area (Å²) in [5.41, 5.74) is 15.8. The van der Waals surface area contributed by atoms with Crippen molar-refractivity contribution in [3.05, 3.63) is 158 Å². The van der Waals surface area contributed by atoms with Crippen LogP contribution in [0.3, 0.4) is 0 Å². The second-order valence-corrected chi connectivity index (χ2v) is 13.3. The Kier molecular flexibility index (Phi) is 3.65. The fourth-order valence-electron chi connectivity index (χ4n) is 8.51. The van der Waals surface area contributed by atoms with Crippen molar-refractivity contribution in [2.24, 2.45) is 5.41 Å². The van der Waals surface area contributed by atoms with E-state index in [2.05, 4.69) is 124 Å². The molecule has 6 aliphatic carbocycles. The minimum atomic E-state index is 0.0982. The van der Waals surface area contributed by atoms with Gasteiger partial charge in [0.1, 0.15) is 0 Å². The highest BCUT2D eigenvalue weighted by Gasteiger charge is 2.55. The molecule has 0 aliphatic heterocycles. The first-order chi connectivity index (χ1) is 19.5. The molecule has 0 saturated carbocycles. The summed E-state index contributed by atoms with van der Waals surface area (Å²) in [6.45, 7) is 7.01. The number of hydrogen-bond donors (Lipinski definition) is 0. The van der Waals surface area contributed by atoms with Crippen LogP contribution in [0.15, 0.2) is 107 Å². The van der Waals surface area contributed by atoms with Crippen molar-refractivity contribution >= 4 is 39.8 Å². The molecular formula is C40H28+2. The van der Waals surface area contributed by atoms with Crippen molar-refractivity contribution in [3.63, 3.8) is 0 Å². The lowest BCUT2D eigenvalue weighted by molar-refractivity contribution is 0.514. The van der Waals surface area contributed by atoms with E-state index in [9.17, 15) is 0 Å². The molecule has 0 spiro atoms. The standard InChI is InChI=1S/C40H28/c1-40(2,3)26-17-23-12-13-24-19-31-29-11-7-6-10-28(29)30-15-14-22-16-21-8-4-5-9-27(21)36-32-20-25(18-26)33(23)34(24)39(32)38(31)37(30)35(22)36/h4-20,32,36H,1-3H3/q+2. The third kappa shape index (κ3) is 2.41. The molecule has 0 nitrogen and oxygen atoms in total. The molecule has 0 saturated heterocycles. The molecule has 0 amide bonds. The van der Waals surface area contributed by atoms with Crippen LogP contribution in [-0.2, 0) is 0 Å². The Morgan fingerprint density at radius 2 is 1.48 bits per heavy atom. The van der Waals surface area contributed by atoms with Gasteiger partial charge in [0.05, 0.1) is 68.0 Å². The molecule has 0 fully saturated rings. The summed E-state index contributed by atoms with van der Waals surface area (Å²) in [6.07, 6.45) is 19.5. The first-order valence-electron chi connectivity index (χ1n) is 14.6. The van der Waals surface area contributed by atoms with Gasteiger partial charge < -0.3 is 0 Å². The Hall–Kier alpha value is -4.42. The van der Waals surface area contributed by atoms with Crippen molar-refractivity contribution in [2.45, 2.75) is 32.6 Å². The maximum atomic E-state index is 2.65. The summed E-state index contributed by atoms with van der Waals surface area (Å²) in [6, 6.07) is 20.7. The minimum Gasteiger partial charge on any atom is -0.0619 e. The van der Waals surface area contributed by atoms with E-state index in [-0.39, 0.29) is 5.41 Å². The zero-order chi connectivity index (χ0) is 26.5. The van der Waals surface area contributed by atoms with Crippen molar-refractivity contribution in [2.75, 3.05) is 0 Å². The molecule has 4 aromatic rings. The van der Waals surface area contributed by atoms with Gasteiger partial charge >= 0.3 is 0 Å². The summed E-state index contributed by atoms with van der Waals surface area (Å²) in [5, 5.41) is 5.63. The van der Waals surface area contributed by atoms with Crippen LogP contribution in [-0.4, -0.2) is 0 Å². The molecule has 0 aromatic heterocycles. The average molecular weight is 509 g/mol. The van der Waals surface area contributed by atoms with Gasteiger partial charge in [-0.1, -0.05) is 57.2 Å². The van der Waals surface area contributed by atoms with Gasteiger partial charge in [0.25, 0.3) is 0 Å². The Balaban J connectivity index is 1.42. The van der Waals surface area contributed by atoms with E-state index in [1.54, 1.807) is 5.56 Å². The van der Waals surface area contributed by atoms with E-state index in [1.807, 2.05) is 0 Å². The maximum Gasteiger partial charge on any atom is 0.0990 e. The zero-order valence-electron chi connectivity index (χ0n) is 23.0. The smallest absolute Gasteiger partial charge is 0.0619 e. The largest absolute Gasteiger partial charge is 0.0990 e. The van der Waals surface area contributed by atoms with Crippen LogP contribution in [0.25, 0.3) is 39.8 Å². The number of allylic oxidation sites excluding steroid dienone is 9. The number of benzene rings is 4. The van der Waals surface area contributed by atoms with E-state index < -0.39 is 0 Å². The molecule has 2 unspecified atom stereocenters. The van der Waals surface area contributed by atoms with Crippen molar-refractivity contribution in [1.82, 2.24) is 0 Å². The van der Waals surface area contributed by atoms with E-state index in [0.717, 1.165) is 0 Å². The van der Waals surface area contributed by atoms with Gasteiger partial charge in [0.15, 0.2) is 0 Å². The van der Waals surface area contributed by atoms with Crippen LogP contribution in [0.4, 0.5) is 0 Å². The van der Waals surface area contributed by atoms with Gasteiger partial charge in [0, 0.05) is 51.1 Å². The second kappa shape index (κ2) is 6.83. The first-order valence-corrected chi connectivity index (χ1v) is 14.6. The lowest BCUT2D eigenvalue weighted by Crippen LogP contribution is -2.34. The fraction of sp³-hybridized carbons (Fsp3) is 0.150.